The summed E-state index contributed by atoms with van der Waals surface area (Å²) < 4.78 is 1.92. The molecule has 4 heteroatoms. The van der Waals surface area contributed by atoms with Crippen LogP contribution in [0.3, 0.4) is 0 Å². The largest absolute Gasteiger partial charge is 0.393 e. The van der Waals surface area contributed by atoms with Crippen molar-refractivity contribution in [3.63, 3.8) is 0 Å². The summed E-state index contributed by atoms with van der Waals surface area (Å²) in [6.07, 6.45) is 7.61. The highest BCUT2D eigenvalue weighted by Crippen LogP contribution is 2.28. The molecule has 0 unspecified atom stereocenters. The van der Waals surface area contributed by atoms with Crippen LogP contribution in [0.15, 0.2) is 12.4 Å². The van der Waals surface area contributed by atoms with Gasteiger partial charge in [-0.15, -0.1) is 0 Å². The fourth-order valence-electron chi connectivity index (χ4n) is 2.06. The van der Waals surface area contributed by atoms with Crippen LogP contribution < -0.4 is 0 Å². The predicted molar refractivity (Wildman–Crippen MR) is 51.1 cm³/mol. The first-order chi connectivity index (χ1) is 6.81. The van der Waals surface area contributed by atoms with Gasteiger partial charge in [0.25, 0.3) is 0 Å². The van der Waals surface area contributed by atoms with Gasteiger partial charge in [-0.1, -0.05) is 0 Å². The molecule has 0 radical (unpaired) electrons. The Morgan fingerprint density at radius 2 is 2.14 bits per heavy atom. The molecule has 0 atom stereocenters. The Labute approximate surface area is 82.6 Å². The summed E-state index contributed by atoms with van der Waals surface area (Å²) in [4.78, 5) is 14.6. The van der Waals surface area contributed by atoms with Crippen LogP contribution in [0.1, 0.15) is 42.3 Å². The second-order valence-corrected chi connectivity index (χ2v) is 3.77. The van der Waals surface area contributed by atoms with Crippen LogP contribution >= 0.6 is 0 Å². The topological polar surface area (TPSA) is 55.1 Å². The van der Waals surface area contributed by atoms with E-state index in [-0.39, 0.29) is 6.10 Å². The van der Waals surface area contributed by atoms with Gasteiger partial charge < -0.3 is 9.67 Å². The lowest BCUT2D eigenvalue weighted by atomic mass is 9.93. The second-order valence-electron chi connectivity index (χ2n) is 3.77. The van der Waals surface area contributed by atoms with Gasteiger partial charge >= 0.3 is 0 Å². The summed E-state index contributed by atoms with van der Waals surface area (Å²) in [7, 11) is 0. The van der Waals surface area contributed by atoms with Gasteiger partial charge in [0.15, 0.2) is 12.1 Å². The van der Waals surface area contributed by atoms with Gasteiger partial charge in [-0.2, -0.15) is 0 Å². The van der Waals surface area contributed by atoms with Crippen LogP contribution in [0.25, 0.3) is 0 Å². The molecule has 14 heavy (non-hydrogen) atoms. The number of rotatable bonds is 2. The second kappa shape index (κ2) is 3.92. The molecule has 1 aliphatic carbocycles. The Balaban J connectivity index is 2.11. The SMILES string of the molecule is O=Cc1nccn1C1CCC(O)CC1. The maximum atomic E-state index is 10.7. The Bertz CT molecular complexity index is 314. The number of aromatic nitrogens is 2. The number of hydrogen-bond acceptors (Lipinski definition) is 3. The third-order valence-electron chi connectivity index (χ3n) is 2.86. The lowest BCUT2D eigenvalue weighted by Gasteiger charge is -2.26. The van der Waals surface area contributed by atoms with E-state index in [1.165, 1.54) is 0 Å². The highest BCUT2D eigenvalue weighted by Gasteiger charge is 2.21. The lowest BCUT2D eigenvalue weighted by molar-refractivity contribution is 0.105. The van der Waals surface area contributed by atoms with Crippen molar-refractivity contribution in [2.24, 2.45) is 0 Å². The molecule has 1 aromatic heterocycles. The first-order valence-corrected chi connectivity index (χ1v) is 4.97. The number of hydrogen-bond donors (Lipinski definition) is 1. The van der Waals surface area contributed by atoms with Crippen LogP contribution in [-0.4, -0.2) is 27.0 Å². The Morgan fingerprint density at radius 1 is 1.43 bits per heavy atom. The first-order valence-electron chi connectivity index (χ1n) is 4.97. The Hall–Kier alpha value is -1.16. The Kier molecular flexibility index (Phi) is 2.63. The average Bonchev–Trinajstić information content (AvgIpc) is 2.67. The van der Waals surface area contributed by atoms with E-state index in [2.05, 4.69) is 4.98 Å². The lowest BCUT2D eigenvalue weighted by Crippen LogP contribution is -2.21. The normalized spacial score (nSPS) is 27.5. The Morgan fingerprint density at radius 3 is 2.79 bits per heavy atom. The molecular weight excluding hydrogens is 180 g/mol. The van der Waals surface area contributed by atoms with Crippen molar-refractivity contribution in [1.82, 2.24) is 9.55 Å². The van der Waals surface area contributed by atoms with Crippen molar-refractivity contribution in [2.75, 3.05) is 0 Å². The standard InChI is InChI=1S/C10H14N2O2/c13-7-10-11-5-6-12(10)8-1-3-9(14)4-2-8/h5-9,14H,1-4H2. The first kappa shape index (κ1) is 9.40. The summed E-state index contributed by atoms with van der Waals surface area (Å²) in [5, 5.41) is 9.36. The molecule has 0 bridgehead atoms. The number of aldehydes is 1. The molecule has 1 heterocycles. The van der Waals surface area contributed by atoms with Crippen LogP contribution in [0.5, 0.6) is 0 Å². The minimum atomic E-state index is -0.158. The molecule has 0 aliphatic heterocycles. The van der Waals surface area contributed by atoms with Crippen LogP contribution in [-0.2, 0) is 0 Å². The fourth-order valence-corrected chi connectivity index (χ4v) is 2.06. The van der Waals surface area contributed by atoms with Crippen LogP contribution in [0, 0.1) is 0 Å². The van der Waals surface area contributed by atoms with Crippen molar-refractivity contribution >= 4 is 6.29 Å². The molecule has 1 aliphatic rings. The van der Waals surface area contributed by atoms with Crippen molar-refractivity contribution < 1.29 is 9.90 Å². The van der Waals surface area contributed by atoms with Gasteiger partial charge in [-0.05, 0) is 25.7 Å². The van der Waals surface area contributed by atoms with Gasteiger partial charge in [-0.25, -0.2) is 4.98 Å². The van der Waals surface area contributed by atoms with E-state index in [9.17, 15) is 9.90 Å². The summed E-state index contributed by atoms with van der Waals surface area (Å²) >= 11 is 0. The van der Waals surface area contributed by atoms with Gasteiger partial charge in [0.2, 0.25) is 0 Å². The van der Waals surface area contributed by atoms with E-state index in [1.807, 2.05) is 10.8 Å². The zero-order chi connectivity index (χ0) is 9.97. The van der Waals surface area contributed by atoms with Gasteiger partial charge in [0.05, 0.1) is 6.10 Å². The number of carbonyl (C=O) groups is 1. The monoisotopic (exact) mass is 194 g/mol. The molecule has 0 spiro atoms. The minimum absolute atomic E-state index is 0.158. The molecule has 0 aromatic carbocycles. The highest BCUT2D eigenvalue weighted by atomic mass is 16.3. The maximum absolute atomic E-state index is 10.7. The average molecular weight is 194 g/mol. The minimum Gasteiger partial charge on any atom is -0.393 e. The van der Waals surface area contributed by atoms with Gasteiger partial charge in [-0.3, -0.25) is 4.79 Å². The van der Waals surface area contributed by atoms with Crippen molar-refractivity contribution in [2.45, 2.75) is 37.8 Å². The molecule has 1 fully saturated rings. The molecule has 76 valence electrons. The number of aliphatic hydroxyl groups is 1. The number of imidazole rings is 1. The molecule has 2 rings (SSSR count). The third-order valence-corrected chi connectivity index (χ3v) is 2.86. The quantitative estimate of drug-likeness (QED) is 0.719. The van der Waals surface area contributed by atoms with E-state index in [4.69, 9.17) is 0 Å². The zero-order valence-corrected chi connectivity index (χ0v) is 7.97. The van der Waals surface area contributed by atoms with Crippen molar-refractivity contribution in [1.29, 1.82) is 0 Å². The van der Waals surface area contributed by atoms with Gasteiger partial charge in [0, 0.05) is 18.4 Å². The molecule has 4 nitrogen and oxygen atoms in total. The van der Waals surface area contributed by atoms with Crippen LogP contribution in [0.4, 0.5) is 0 Å². The van der Waals surface area contributed by atoms with Gasteiger partial charge in [0.1, 0.15) is 0 Å². The molecular formula is C10H14N2O2. The molecule has 0 amide bonds. The number of carbonyl (C=O) groups excluding carboxylic acids is 1. The third kappa shape index (κ3) is 1.70. The zero-order valence-electron chi connectivity index (χ0n) is 7.97. The molecule has 1 saturated carbocycles. The van der Waals surface area contributed by atoms with E-state index in [0.717, 1.165) is 32.0 Å². The molecule has 1 aromatic rings. The summed E-state index contributed by atoms with van der Waals surface area (Å²) in [5.41, 5.74) is 0. The van der Waals surface area contributed by atoms with E-state index in [0.29, 0.717) is 11.9 Å². The highest BCUT2D eigenvalue weighted by molar-refractivity contribution is 5.69. The number of aliphatic hydroxyl groups excluding tert-OH is 1. The van der Waals surface area contributed by atoms with Crippen molar-refractivity contribution in [3.8, 4) is 0 Å². The molecule has 0 saturated heterocycles. The summed E-state index contributed by atoms with van der Waals surface area (Å²) in [6.45, 7) is 0. The van der Waals surface area contributed by atoms with E-state index < -0.39 is 0 Å². The number of nitrogens with zero attached hydrogens (tertiary/aromatic N) is 2. The smallest absolute Gasteiger partial charge is 0.185 e. The fraction of sp³-hybridized carbons (Fsp3) is 0.600. The van der Waals surface area contributed by atoms with Crippen molar-refractivity contribution in [3.05, 3.63) is 18.2 Å². The molecule has 1 N–H and O–H groups in total. The predicted octanol–water partition coefficient (Wildman–Crippen LogP) is 1.17. The summed E-state index contributed by atoms with van der Waals surface area (Å²) in [6, 6.07) is 0.334. The summed E-state index contributed by atoms with van der Waals surface area (Å²) in [5.74, 6) is 0.492. The van der Waals surface area contributed by atoms with E-state index in [1.54, 1.807) is 6.20 Å². The maximum Gasteiger partial charge on any atom is 0.185 e. The van der Waals surface area contributed by atoms with E-state index >= 15 is 0 Å². The van der Waals surface area contributed by atoms with Crippen LogP contribution in [0.2, 0.25) is 0 Å².